The van der Waals surface area contributed by atoms with Crippen molar-refractivity contribution in [2.24, 2.45) is 0 Å². The molecule has 0 spiro atoms. The molecule has 0 amide bonds. The molecular formula is C12H15ClF3NO2S. The predicted octanol–water partition coefficient (Wildman–Crippen LogP) is 3.80. The lowest BCUT2D eigenvalue weighted by Gasteiger charge is -2.16. The van der Waals surface area contributed by atoms with E-state index in [1.54, 1.807) is 0 Å². The smallest absolute Gasteiger partial charge is 0.383 e. The van der Waals surface area contributed by atoms with Gasteiger partial charge in [-0.2, -0.15) is 13.2 Å². The summed E-state index contributed by atoms with van der Waals surface area (Å²) in [5.41, 5.74) is -4.75. The number of hydrogen-bond donors (Lipinski definition) is 1. The average molecular weight is 330 g/mol. The molecule has 114 valence electrons. The summed E-state index contributed by atoms with van der Waals surface area (Å²) >= 11 is 5.83. The van der Waals surface area contributed by atoms with Crippen LogP contribution in [-0.4, -0.2) is 25.3 Å². The van der Waals surface area contributed by atoms with E-state index in [1.165, 1.54) is 12.1 Å². The first kappa shape index (κ1) is 17.1. The molecule has 20 heavy (non-hydrogen) atoms. The normalized spacial score (nSPS) is 15.7. The third kappa shape index (κ3) is 4.28. The average Bonchev–Trinajstić information content (AvgIpc) is 2.26. The minimum Gasteiger partial charge on any atom is -0.383 e. The summed E-state index contributed by atoms with van der Waals surface area (Å²) in [6, 6.07) is 4.49. The summed E-state index contributed by atoms with van der Waals surface area (Å²) in [5, 5.41) is 2.99. The fourth-order valence-electron chi connectivity index (χ4n) is 1.69. The van der Waals surface area contributed by atoms with Gasteiger partial charge in [0, 0.05) is 17.1 Å². The Hall–Kier alpha value is -0.950. The van der Waals surface area contributed by atoms with Crippen LogP contribution in [0.2, 0.25) is 0 Å². The van der Waals surface area contributed by atoms with Crippen molar-refractivity contribution >= 4 is 27.1 Å². The first-order valence-electron chi connectivity index (χ1n) is 5.86. The van der Waals surface area contributed by atoms with Crippen LogP contribution < -0.4 is 5.32 Å². The van der Waals surface area contributed by atoms with Gasteiger partial charge in [0.1, 0.15) is 0 Å². The maximum Gasteiger partial charge on any atom is 0.501 e. The van der Waals surface area contributed by atoms with Crippen LogP contribution in [0.3, 0.4) is 0 Å². The van der Waals surface area contributed by atoms with Crippen LogP contribution in [0.1, 0.15) is 20.3 Å². The molecule has 0 saturated heterocycles. The molecule has 0 radical (unpaired) electrons. The molecule has 0 bridgehead atoms. The third-order valence-electron chi connectivity index (χ3n) is 2.56. The van der Waals surface area contributed by atoms with Crippen molar-refractivity contribution in [2.45, 2.75) is 42.1 Å². The second-order valence-electron chi connectivity index (χ2n) is 4.54. The highest BCUT2D eigenvalue weighted by Gasteiger charge is 2.46. The van der Waals surface area contributed by atoms with E-state index in [0.29, 0.717) is 12.1 Å². The third-order valence-corrected chi connectivity index (χ3v) is 4.24. The number of halogens is 4. The van der Waals surface area contributed by atoms with Gasteiger partial charge in [0.15, 0.2) is 0 Å². The Balaban J connectivity index is 2.85. The van der Waals surface area contributed by atoms with Crippen molar-refractivity contribution in [3.8, 4) is 0 Å². The van der Waals surface area contributed by atoms with E-state index in [-0.39, 0.29) is 11.4 Å². The molecule has 0 saturated carbocycles. The van der Waals surface area contributed by atoms with Gasteiger partial charge in [-0.25, -0.2) is 8.42 Å². The second kappa shape index (κ2) is 6.22. The molecular weight excluding hydrogens is 315 g/mol. The van der Waals surface area contributed by atoms with Crippen molar-refractivity contribution in [1.29, 1.82) is 0 Å². The molecule has 2 unspecified atom stereocenters. The van der Waals surface area contributed by atoms with Crippen molar-refractivity contribution in [3.05, 3.63) is 24.3 Å². The zero-order valence-electron chi connectivity index (χ0n) is 10.9. The van der Waals surface area contributed by atoms with Crippen molar-refractivity contribution < 1.29 is 21.6 Å². The minimum absolute atomic E-state index is 0.0209. The number of rotatable bonds is 5. The van der Waals surface area contributed by atoms with Crippen LogP contribution in [-0.2, 0) is 9.84 Å². The number of anilines is 1. The Morgan fingerprint density at radius 2 is 1.70 bits per heavy atom. The van der Waals surface area contributed by atoms with Gasteiger partial charge in [-0.15, -0.1) is 11.6 Å². The standard InChI is InChI=1S/C12H15ClF3NO2S/c1-8(13)7-9(2)17-10-3-5-11(6-4-10)20(18,19)12(14,15)16/h3-6,8-9,17H,7H2,1-2H3. The van der Waals surface area contributed by atoms with Gasteiger partial charge >= 0.3 is 5.51 Å². The molecule has 1 aromatic rings. The highest BCUT2D eigenvalue weighted by molar-refractivity contribution is 7.92. The monoisotopic (exact) mass is 329 g/mol. The Bertz CT molecular complexity index is 541. The Morgan fingerprint density at radius 1 is 1.20 bits per heavy atom. The van der Waals surface area contributed by atoms with Gasteiger partial charge in [0.2, 0.25) is 0 Å². The van der Waals surface area contributed by atoms with E-state index in [2.05, 4.69) is 5.32 Å². The molecule has 1 aromatic carbocycles. The zero-order chi connectivity index (χ0) is 15.6. The fourth-order valence-corrected chi connectivity index (χ4v) is 2.72. The number of alkyl halides is 4. The predicted molar refractivity (Wildman–Crippen MR) is 72.7 cm³/mol. The van der Waals surface area contributed by atoms with E-state index in [9.17, 15) is 21.6 Å². The minimum atomic E-state index is -5.29. The van der Waals surface area contributed by atoms with E-state index >= 15 is 0 Å². The SMILES string of the molecule is CC(Cl)CC(C)Nc1ccc(S(=O)(=O)C(F)(F)F)cc1. The summed E-state index contributed by atoms with van der Waals surface area (Å²) in [6.45, 7) is 3.71. The van der Waals surface area contributed by atoms with Gasteiger partial charge in [0.25, 0.3) is 9.84 Å². The second-order valence-corrected chi connectivity index (χ2v) is 7.22. The topological polar surface area (TPSA) is 46.2 Å². The largest absolute Gasteiger partial charge is 0.501 e. The molecule has 0 aromatic heterocycles. The molecule has 2 atom stereocenters. The lowest BCUT2D eigenvalue weighted by atomic mass is 10.2. The summed E-state index contributed by atoms with van der Waals surface area (Å²) in [4.78, 5) is -0.770. The summed E-state index contributed by atoms with van der Waals surface area (Å²) in [5.74, 6) is 0. The van der Waals surface area contributed by atoms with Crippen LogP contribution >= 0.6 is 11.6 Å². The van der Waals surface area contributed by atoms with Gasteiger partial charge in [-0.3, -0.25) is 0 Å². The quantitative estimate of drug-likeness (QED) is 0.836. The molecule has 0 aliphatic carbocycles. The van der Waals surface area contributed by atoms with E-state index < -0.39 is 20.2 Å². The van der Waals surface area contributed by atoms with Crippen LogP contribution in [0.15, 0.2) is 29.2 Å². The lowest BCUT2D eigenvalue weighted by Crippen LogP contribution is -2.23. The molecule has 0 aliphatic heterocycles. The molecule has 0 aliphatic rings. The van der Waals surface area contributed by atoms with Crippen LogP contribution in [0, 0.1) is 0 Å². The maximum absolute atomic E-state index is 12.4. The number of hydrogen-bond acceptors (Lipinski definition) is 3. The Morgan fingerprint density at radius 3 is 2.10 bits per heavy atom. The number of benzene rings is 1. The number of sulfone groups is 1. The maximum atomic E-state index is 12.4. The van der Waals surface area contributed by atoms with Crippen molar-refractivity contribution in [1.82, 2.24) is 0 Å². The number of nitrogens with one attached hydrogen (secondary N) is 1. The summed E-state index contributed by atoms with van der Waals surface area (Å²) in [6.07, 6.45) is 0.671. The highest BCUT2D eigenvalue weighted by atomic mass is 35.5. The lowest BCUT2D eigenvalue weighted by molar-refractivity contribution is -0.0436. The van der Waals surface area contributed by atoms with E-state index in [1.807, 2.05) is 13.8 Å². The van der Waals surface area contributed by atoms with Gasteiger partial charge in [-0.1, -0.05) is 0 Å². The zero-order valence-corrected chi connectivity index (χ0v) is 12.5. The highest BCUT2D eigenvalue weighted by Crippen LogP contribution is 2.30. The van der Waals surface area contributed by atoms with Gasteiger partial charge in [0.05, 0.1) is 4.90 Å². The van der Waals surface area contributed by atoms with Crippen molar-refractivity contribution in [2.75, 3.05) is 5.32 Å². The Kier molecular flexibility index (Phi) is 5.32. The molecule has 1 rings (SSSR count). The van der Waals surface area contributed by atoms with Gasteiger partial charge in [-0.05, 0) is 44.5 Å². The first-order valence-corrected chi connectivity index (χ1v) is 7.78. The molecule has 3 nitrogen and oxygen atoms in total. The molecule has 8 heteroatoms. The Labute approximate surface area is 121 Å². The van der Waals surface area contributed by atoms with Crippen molar-refractivity contribution in [3.63, 3.8) is 0 Å². The molecule has 0 fully saturated rings. The van der Waals surface area contributed by atoms with E-state index in [4.69, 9.17) is 11.6 Å². The van der Waals surface area contributed by atoms with Crippen LogP contribution in [0.25, 0.3) is 0 Å². The molecule has 0 heterocycles. The van der Waals surface area contributed by atoms with Gasteiger partial charge < -0.3 is 5.32 Å². The fraction of sp³-hybridized carbons (Fsp3) is 0.500. The summed E-state index contributed by atoms with van der Waals surface area (Å²) in [7, 11) is -5.29. The molecule has 1 N–H and O–H groups in total. The van der Waals surface area contributed by atoms with E-state index in [0.717, 1.165) is 12.1 Å². The van der Waals surface area contributed by atoms with Crippen LogP contribution in [0.5, 0.6) is 0 Å². The van der Waals surface area contributed by atoms with Crippen LogP contribution in [0.4, 0.5) is 18.9 Å². The summed E-state index contributed by atoms with van der Waals surface area (Å²) < 4.78 is 59.4. The first-order chi connectivity index (χ1) is 9.04.